The highest BCUT2D eigenvalue weighted by atomic mass is 16.5. The minimum atomic E-state index is -0.339. The molecule has 114 valence electrons. The lowest BCUT2D eigenvalue weighted by molar-refractivity contribution is -0.127. The van der Waals surface area contributed by atoms with E-state index in [9.17, 15) is 4.79 Å². The number of nitrogens with one attached hydrogen (secondary N) is 2. The van der Waals surface area contributed by atoms with Crippen molar-refractivity contribution in [3.63, 3.8) is 0 Å². The molecule has 4 heteroatoms. The number of carbonyl (C=O) groups excluding carboxylic acids is 1. The second kappa shape index (κ2) is 6.48. The third-order valence-electron chi connectivity index (χ3n) is 4.57. The van der Waals surface area contributed by atoms with Gasteiger partial charge in [-0.05, 0) is 62.8 Å². The van der Waals surface area contributed by atoms with Crippen LogP contribution in [0.5, 0.6) is 5.75 Å². The van der Waals surface area contributed by atoms with E-state index >= 15 is 0 Å². The Labute approximate surface area is 126 Å². The highest BCUT2D eigenvalue weighted by molar-refractivity contribution is 5.81. The fourth-order valence-electron chi connectivity index (χ4n) is 3.40. The Balaban J connectivity index is 1.84. The van der Waals surface area contributed by atoms with Crippen LogP contribution in [-0.2, 0) is 11.2 Å². The Hall–Kier alpha value is -1.55. The molecule has 1 aromatic rings. The first-order chi connectivity index (χ1) is 10.3. The molecule has 4 nitrogen and oxygen atoms in total. The number of hydrogen-bond donors (Lipinski definition) is 2. The first kappa shape index (κ1) is 14.4. The Morgan fingerprint density at radius 2 is 2.14 bits per heavy atom. The summed E-state index contributed by atoms with van der Waals surface area (Å²) in [6.07, 6.45) is 5.92. The third-order valence-corrected chi connectivity index (χ3v) is 4.57. The van der Waals surface area contributed by atoms with Gasteiger partial charge in [0.25, 0.3) is 5.91 Å². The van der Waals surface area contributed by atoms with E-state index < -0.39 is 0 Å². The van der Waals surface area contributed by atoms with Crippen molar-refractivity contribution in [3.8, 4) is 5.75 Å². The molecule has 1 saturated heterocycles. The molecule has 0 aromatic heterocycles. The zero-order valence-electron chi connectivity index (χ0n) is 12.7. The van der Waals surface area contributed by atoms with Crippen molar-refractivity contribution < 1.29 is 9.53 Å². The zero-order valence-corrected chi connectivity index (χ0v) is 12.7. The van der Waals surface area contributed by atoms with Crippen LogP contribution in [0.2, 0.25) is 0 Å². The lowest BCUT2D eigenvalue weighted by Crippen LogP contribution is -2.36. The maximum Gasteiger partial charge on any atom is 0.261 e. The second-order valence-electron chi connectivity index (χ2n) is 5.95. The third kappa shape index (κ3) is 3.05. The molecule has 0 spiro atoms. The van der Waals surface area contributed by atoms with E-state index in [4.69, 9.17) is 4.74 Å². The summed E-state index contributed by atoms with van der Waals surface area (Å²) in [6, 6.07) is 6.63. The van der Waals surface area contributed by atoms with Crippen molar-refractivity contribution in [2.75, 3.05) is 13.6 Å². The van der Waals surface area contributed by atoms with E-state index in [1.165, 1.54) is 11.1 Å². The number of carbonyl (C=O) groups is 1. The van der Waals surface area contributed by atoms with Crippen LogP contribution in [-0.4, -0.2) is 25.6 Å². The van der Waals surface area contributed by atoms with E-state index in [1.807, 2.05) is 19.2 Å². The van der Waals surface area contributed by atoms with Crippen LogP contribution in [0.3, 0.4) is 0 Å². The van der Waals surface area contributed by atoms with Crippen LogP contribution in [0.25, 0.3) is 0 Å². The van der Waals surface area contributed by atoms with Gasteiger partial charge in [-0.2, -0.15) is 0 Å². The molecule has 3 rings (SSSR count). The number of fused-ring (bicyclic) bond motifs is 1. The first-order valence-electron chi connectivity index (χ1n) is 8.03. The Morgan fingerprint density at radius 3 is 3.00 bits per heavy atom. The zero-order chi connectivity index (χ0) is 14.7. The van der Waals surface area contributed by atoms with E-state index in [-0.39, 0.29) is 12.0 Å². The second-order valence-corrected chi connectivity index (χ2v) is 5.95. The van der Waals surface area contributed by atoms with Gasteiger partial charge in [-0.25, -0.2) is 0 Å². The molecule has 2 atom stereocenters. The van der Waals surface area contributed by atoms with E-state index in [2.05, 4.69) is 16.7 Å². The van der Waals surface area contributed by atoms with Crippen LogP contribution in [0.15, 0.2) is 18.2 Å². The summed E-state index contributed by atoms with van der Waals surface area (Å²) in [4.78, 5) is 12.1. The molecule has 1 amide bonds. The molecule has 0 saturated carbocycles. The maximum atomic E-state index is 12.1. The van der Waals surface area contributed by atoms with Gasteiger partial charge in [0.1, 0.15) is 5.75 Å². The Kier molecular flexibility index (Phi) is 4.44. The minimum Gasteiger partial charge on any atom is -0.480 e. The van der Waals surface area contributed by atoms with Crippen molar-refractivity contribution >= 4 is 5.91 Å². The van der Waals surface area contributed by atoms with E-state index in [0.29, 0.717) is 6.04 Å². The summed E-state index contributed by atoms with van der Waals surface area (Å²) in [5, 5.41) is 6.31. The van der Waals surface area contributed by atoms with Gasteiger partial charge in [0.2, 0.25) is 0 Å². The predicted molar refractivity (Wildman–Crippen MR) is 82.5 cm³/mol. The van der Waals surface area contributed by atoms with Crippen molar-refractivity contribution in [2.24, 2.45) is 0 Å². The van der Waals surface area contributed by atoms with Crippen LogP contribution >= 0.6 is 0 Å². The standard InChI is InChI=1S/C17H24N2O2/c1-18-14-8-4-7-13-12(14)6-5-10-15(13)21-16-9-2-3-11-19-17(16)20/h5-6,10,14,16,18H,2-4,7-9,11H2,1H3,(H,19,20). The fourth-order valence-corrected chi connectivity index (χ4v) is 3.40. The largest absolute Gasteiger partial charge is 0.480 e. The molecule has 0 bridgehead atoms. The molecule has 1 aromatic carbocycles. The molecule has 2 unspecified atom stereocenters. The molecule has 1 fully saturated rings. The van der Waals surface area contributed by atoms with Crippen LogP contribution in [0.4, 0.5) is 0 Å². The van der Waals surface area contributed by atoms with Gasteiger partial charge in [0.15, 0.2) is 6.10 Å². The molecule has 0 radical (unpaired) electrons. The first-order valence-corrected chi connectivity index (χ1v) is 8.03. The number of ether oxygens (including phenoxy) is 1. The van der Waals surface area contributed by atoms with Gasteiger partial charge >= 0.3 is 0 Å². The highest BCUT2D eigenvalue weighted by Crippen LogP contribution is 2.35. The van der Waals surface area contributed by atoms with Gasteiger partial charge < -0.3 is 15.4 Å². The molecule has 2 N–H and O–H groups in total. The van der Waals surface area contributed by atoms with E-state index in [1.54, 1.807) is 0 Å². The summed E-state index contributed by atoms with van der Waals surface area (Å²) in [5.74, 6) is 0.931. The average molecular weight is 288 g/mol. The van der Waals surface area contributed by atoms with Crippen LogP contribution in [0.1, 0.15) is 49.3 Å². The maximum absolute atomic E-state index is 12.1. The Morgan fingerprint density at radius 1 is 1.24 bits per heavy atom. The summed E-state index contributed by atoms with van der Waals surface area (Å²) in [5.41, 5.74) is 2.61. The number of rotatable bonds is 3. The number of amides is 1. The van der Waals surface area contributed by atoms with Crippen molar-refractivity contribution in [3.05, 3.63) is 29.3 Å². The van der Waals surface area contributed by atoms with Gasteiger partial charge in [0, 0.05) is 12.6 Å². The molecule has 2 aliphatic rings. The van der Waals surface area contributed by atoms with Gasteiger partial charge in [-0.3, -0.25) is 4.79 Å². The molecule has 1 aliphatic carbocycles. The lowest BCUT2D eigenvalue weighted by atomic mass is 9.87. The quantitative estimate of drug-likeness (QED) is 0.897. The van der Waals surface area contributed by atoms with Crippen LogP contribution < -0.4 is 15.4 Å². The summed E-state index contributed by atoms with van der Waals surface area (Å²) >= 11 is 0. The topological polar surface area (TPSA) is 50.4 Å². The summed E-state index contributed by atoms with van der Waals surface area (Å²) < 4.78 is 6.10. The smallest absolute Gasteiger partial charge is 0.261 e. The van der Waals surface area contributed by atoms with Crippen molar-refractivity contribution in [1.82, 2.24) is 10.6 Å². The lowest BCUT2D eigenvalue weighted by Gasteiger charge is -2.28. The summed E-state index contributed by atoms with van der Waals surface area (Å²) in [6.45, 7) is 0.771. The van der Waals surface area contributed by atoms with E-state index in [0.717, 1.165) is 50.8 Å². The van der Waals surface area contributed by atoms with Gasteiger partial charge in [-0.1, -0.05) is 12.1 Å². The number of hydrogen-bond acceptors (Lipinski definition) is 3. The Bertz CT molecular complexity index is 516. The molecular formula is C17H24N2O2. The highest BCUT2D eigenvalue weighted by Gasteiger charge is 2.26. The van der Waals surface area contributed by atoms with Crippen molar-refractivity contribution in [2.45, 2.75) is 50.7 Å². The molecule has 21 heavy (non-hydrogen) atoms. The molecule has 1 aliphatic heterocycles. The fraction of sp³-hybridized carbons (Fsp3) is 0.588. The molecular weight excluding hydrogens is 264 g/mol. The van der Waals surface area contributed by atoms with Gasteiger partial charge in [-0.15, -0.1) is 0 Å². The SMILES string of the molecule is CNC1CCCc2c(OC3CCCCNC3=O)cccc21. The average Bonchev–Trinajstić information content (AvgIpc) is 2.72. The number of benzene rings is 1. The monoisotopic (exact) mass is 288 g/mol. The van der Waals surface area contributed by atoms with Crippen molar-refractivity contribution in [1.29, 1.82) is 0 Å². The molecule has 1 heterocycles. The summed E-state index contributed by atoms with van der Waals surface area (Å²) in [7, 11) is 2.01. The predicted octanol–water partition coefficient (Wildman–Crippen LogP) is 2.33. The minimum absolute atomic E-state index is 0.0334. The normalized spacial score (nSPS) is 25.7. The van der Waals surface area contributed by atoms with Crippen LogP contribution in [0, 0.1) is 0 Å². The van der Waals surface area contributed by atoms with Gasteiger partial charge in [0.05, 0.1) is 0 Å².